The van der Waals surface area contributed by atoms with Crippen molar-refractivity contribution < 1.29 is 8.98 Å². The van der Waals surface area contributed by atoms with Crippen LogP contribution < -0.4 is 0 Å². The molecule has 0 radical (unpaired) electrons. The minimum atomic E-state index is -1.85. The molecule has 0 fully saturated rings. The van der Waals surface area contributed by atoms with E-state index in [1.54, 1.807) is 0 Å². The van der Waals surface area contributed by atoms with Gasteiger partial charge in [-0.15, -0.1) is 4.31 Å². The molecule has 6 heteroatoms. The first-order chi connectivity index (χ1) is 12.8. The molecule has 0 aromatic heterocycles. The monoisotopic (exact) mass is 420 g/mol. The van der Waals surface area contributed by atoms with Gasteiger partial charge in [-0.1, -0.05) is 32.9 Å². The number of benzene rings is 1. The Morgan fingerprint density at radius 3 is 2.43 bits per heavy atom. The van der Waals surface area contributed by atoms with E-state index >= 15 is 0 Å². The lowest BCUT2D eigenvalue weighted by Crippen LogP contribution is -2.48. The Labute approximate surface area is 175 Å². The largest absolute Gasteiger partial charge is 0.597 e. The van der Waals surface area contributed by atoms with E-state index in [4.69, 9.17) is 4.43 Å². The molecule has 0 bridgehead atoms. The van der Waals surface area contributed by atoms with E-state index in [0.717, 1.165) is 29.5 Å². The molecule has 0 heterocycles. The number of fused-ring (bicyclic) bond motifs is 1. The summed E-state index contributed by atoms with van der Waals surface area (Å²) >= 11 is -1.14. The molecule has 4 nitrogen and oxygen atoms in total. The van der Waals surface area contributed by atoms with Crippen molar-refractivity contribution >= 4 is 19.7 Å². The lowest BCUT2D eigenvalue weighted by atomic mass is 10.0. The first-order valence-corrected chi connectivity index (χ1v) is 14.2. The van der Waals surface area contributed by atoms with Crippen LogP contribution in [0.4, 0.5) is 0 Å². The Morgan fingerprint density at radius 1 is 1.25 bits per heavy atom. The molecule has 28 heavy (non-hydrogen) atoms. The van der Waals surface area contributed by atoms with Gasteiger partial charge in [0.15, 0.2) is 8.32 Å². The van der Waals surface area contributed by atoms with Crippen LogP contribution in [0.1, 0.15) is 70.7 Å². The minimum absolute atomic E-state index is 0.0753. The normalized spacial score (nSPS) is 18.8. The highest BCUT2D eigenvalue weighted by Crippen LogP contribution is 2.41. The SMILES string of the molecule is CC(C)(C)[S+]([O-])N(CCO[Si](C)(C)C(C)(C)C)[C@H]1CCc2c(C#N)cccc21. The highest BCUT2D eigenvalue weighted by Gasteiger charge is 2.42. The Hall–Kier alpha value is -0.843. The fourth-order valence-electron chi connectivity index (χ4n) is 3.35. The van der Waals surface area contributed by atoms with Gasteiger partial charge in [0.05, 0.1) is 30.8 Å². The van der Waals surface area contributed by atoms with Crippen molar-refractivity contribution in [3.05, 3.63) is 34.9 Å². The van der Waals surface area contributed by atoms with Crippen LogP contribution >= 0.6 is 0 Å². The standard InChI is InChI=1S/C22H36N2O2SSi/c1-21(2,3)27(25)24(14-15-26-28(7,8)22(4,5)6)20-13-12-18-17(16-23)10-9-11-19(18)20/h9-11,20H,12-15H2,1-8H3/t20-,27?/m0/s1. The number of hydrogen-bond acceptors (Lipinski definition) is 4. The first-order valence-electron chi connectivity index (χ1n) is 10.1. The second-order valence-corrected chi connectivity index (χ2v) is 17.2. The fraction of sp³-hybridized carbons (Fsp3) is 0.682. The van der Waals surface area contributed by atoms with Crippen molar-refractivity contribution in [2.45, 2.75) is 83.3 Å². The van der Waals surface area contributed by atoms with E-state index < -0.39 is 19.7 Å². The van der Waals surface area contributed by atoms with Crippen LogP contribution in [0.2, 0.25) is 18.1 Å². The van der Waals surface area contributed by atoms with E-state index in [-0.39, 0.29) is 15.8 Å². The van der Waals surface area contributed by atoms with Crippen LogP contribution in [0.15, 0.2) is 18.2 Å². The smallest absolute Gasteiger partial charge is 0.192 e. The van der Waals surface area contributed by atoms with Crippen LogP contribution in [-0.4, -0.2) is 35.1 Å². The lowest BCUT2D eigenvalue weighted by Gasteiger charge is -2.39. The van der Waals surface area contributed by atoms with Crippen molar-refractivity contribution in [3.8, 4) is 6.07 Å². The summed E-state index contributed by atoms with van der Waals surface area (Å²) in [5, 5.41) is 9.59. The topological polar surface area (TPSA) is 59.3 Å². The third-order valence-corrected chi connectivity index (χ3v) is 12.5. The Bertz CT molecular complexity index is 732. The predicted octanol–water partition coefficient (Wildman–Crippen LogP) is 5.33. The third-order valence-electron chi connectivity index (χ3n) is 6.02. The summed E-state index contributed by atoms with van der Waals surface area (Å²) in [5.74, 6) is 0. The van der Waals surface area contributed by atoms with E-state index in [0.29, 0.717) is 13.2 Å². The van der Waals surface area contributed by atoms with Gasteiger partial charge in [-0.05, 0) is 68.9 Å². The molecule has 0 amide bonds. The van der Waals surface area contributed by atoms with Crippen LogP contribution in [0.5, 0.6) is 0 Å². The highest BCUT2D eigenvalue weighted by molar-refractivity contribution is 7.90. The van der Waals surface area contributed by atoms with Gasteiger partial charge in [-0.25, -0.2) is 0 Å². The van der Waals surface area contributed by atoms with E-state index in [1.165, 1.54) is 0 Å². The highest BCUT2D eigenvalue weighted by atomic mass is 32.2. The zero-order valence-electron chi connectivity index (χ0n) is 18.8. The van der Waals surface area contributed by atoms with Gasteiger partial charge in [-0.3, -0.25) is 0 Å². The van der Waals surface area contributed by atoms with Gasteiger partial charge in [0.2, 0.25) is 0 Å². The van der Waals surface area contributed by atoms with Gasteiger partial charge < -0.3 is 8.98 Å². The maximum Gasteiger partial charge on any atom is 0.192 e. The van der Waals surface area contributed by atoms with Crippen LogP contribution in [0.3, 0.4) is 0 Å². The summed E-state index contributed by atoms with van der Waals surface area (Å²) in [6.45, 7) is 18.5. The average Bonchev–Trinajstić information content (AvgIpc) is 3.00. The molecule has 0 spiro atoms. The second kappa shape index (κ2) is 8.49. The van der Waals surface area contributed by atoms with Gasteiger partial charge >= 0.3 is 0 Å². The molecule has 1 aromatic carbocycles. The van der Waals surface area contributed by atoms with Crippen LogP contribution in [0.25, 0.3) is 0 Å². The first kappa shape index (κ1) is 23.4. The molecule has 156 valence electrons. The molecule has 0 saturated carbocycles. The van der Waals surface area contributed by atoms with Crippen molar-refractivity contribution in [2.24, 2.45) is 0 Å². The second-order valence-electron chi connectivity index (χ2n) is 10.2. The zero-order chi connectivity index (χ0) is 21.3. The van der Waals surface area contributed by atoms with Crippen molar-refractivity contribution in [2.75, 3.05) is 13.2 Å². The zero-order valence-corrected chi connectivity index (χ0v) is 20.6. The Morgan fingerprint density at radius 2 is 1.89 bits per heavy atom. The van der Waals surface area contributed by atoms with Crippen LogP contribution in [0, 0.1) is 11.3 Å². The number of nitriles is 1. The number of rotatable bonds is 6. The summed E-state index contributed by atoms with van der Waals surface area (Å²) in [6.07, 6.45) is 1.76. The summed E-state index contributed by atoms with van der Waals surface area (Å²) in [6, 6.07) is 8.31. The van der Waals surface area contributed by atoms with Crippen molar-refractivity contribution in [1.82, 2.24) is 4.31 Å². The van der Waals surface area contributed by atoms with Crippen LogP contribution in [-0.2, 0) is 22.2 Å². The maximum atomic E-state index is 13.4. The molecule has 1 aliphatic rings. The molecular formula is C22H36N2O2SSi. The molecule has 0 N–H and O–H groups in total. The molecule has 0 saturated heterocycles. The summed E-state index contributed by atoms with van der Waals surface area (Å²) < 4.78 is 21.6. The summed E-state index contributed by atoms with van der Waals surface area (Å²) in [4.78, 5) is 0. The van der Waals surface area contributed by atoms with Crippen molar-refractivity contribution in [3.63, 3.8) is 0 Å². The molecule has 1 unspecified atom stereocenters. The number of hydrogen-bond donors (Lipinski definition) is 0. The van der Waals surface area contributed by atoms with E-state index in [9.17, 15) is 9.81 Å². The average molecular weight is 421 g/mol. The molecule has 1 aliphatic carbocycles. The Kier molecular flexibility index (Phi) is 7.11. The lowest BCUT2D eigenvalue weighted by molar-refractivity contribution is 0.223. The van der Waals surface area contributed by atoms with E-state index in [1.807, 2.05) is 32.9 Å². The maximum absolute atomic E-state index is 13.4. The Balaban J connectivity index is 2.25. The van der Waals surface area contributed by atoms with E-state index in [2.05, 4.69) is 50.3 Å². The molecular weight excluding hydrogens is 384 g/mol. The van der Waals surface area contributed by atoms with Gasteiger partial charge in [0.1, 0.15) is 4.75 Å². The minimum Gasteiger partial charge on any atom is -0.597 e. The van der Waals surface area contributed by atoms with Gasteiger partial charge in [0.25, 0.3) is 0 Å². The van der Waals surface area contributed by atoms with Gasteiger partial charge in [0, 0.05) is 11.4 Å². The molecule has 1 aromatic rings. The molecule has 2 rings (SSSR count). The summed E-state index contributed by atoms with van der Waals surface area (Å²) in [5.41, 5.74) is 3.03. The van der Waals surface area contributed by atoms with Gasteiger partial charge in [-0.2, -0.15) is 5.26 Å². The number of nitrogens with zero attached hydrogens (tertiary/aromatic N) is 2. The molecule has 2 atom stereocenters. The van der Waals surface area contributed by atoms with Crippen molar-refractivity contribution in [1.29, 1.82) is 5.26 Å². The molecule has 0 aliphatic heterocycles. The summed E-state index contributed by atoms with van der Waals surface area (Å²) in [7, 11) is -1.85. The fourth-order valence-corrected chi connectivity index (χ4v) is 5.78. The third kappa shape index (κ3) is 5.01. The quantitative estimate of drug-likeness (QED) is 0.461. The predicted molar refractivity (Wildman–Crippen MR) is 120 cm³/mol.